The molecule has 4 rings (SSSR count). The molecule has 1 aliphatic rings. The zero-order valence-electron chi connectivity index (χ0n) is 16.2. The van der Waals surface area contributed by atoms with Gasteiger partial charge in [-0.2, -0.15) is 5.10 Å². The van der Waals surface area contributed by atoms with E-state index in [2.05, 4.69) is 51.5 Å². The van der Waals surface area contributed by atoms with Crippen LogP contribution in [0.1, 0.15) is 12.0 Å². The van der Waals surface area contributed by atoms with E-state index in [9.17, 15) is 13.5 Å². The van der Waals surface area contributed by atoms with Crippen LogP contribution in [0.4, 0.5) is 0 Å². The molecule has 3 aromatic rings. The van der Waals surface area contributed by atoms with Crippen molar-refractivity contribution < 1.29 is 13.5 Å². The maximum absolute atomic E-state index is 11.9. The molecule has 0 spiro atoms. The molecular weight excluding hydrogens is 386 g/mol. The molecule has 1 saturated heterocycles. The van der Waals surface area contributed by atoms with Crippen molar-refractivity contribution in [2.75, 3.05) is 24.7 Å². The van der Waals surface area contributed by atoms with Crippen LogP contribution < -0.4 is 0 Å². The van der Waals surface area contributed by atoms with Gasteiger partial charge in [-0.05, 0) is 23.1 Å². The summed E-state index contributed by atoms with van der Waals surface area (Å²) in [6.45, 7) is 0.986. The Labute approximate surface area is 171 Å². The summed E-state index contributed by atoms with van der Waals surface area (Å²) in [5, 5.41) is 16.8. The molecule has 1 fully saturated rings. The summed E-state index contributed by atoms with van der Waals surface area (Å²) in [7, 11) is -2.98. The van der Waals surface area contributed by atoms with Crippen LogP contribution >= 0.6 is 0 Å². The topological polar surface area (TPSA) is 86.3 Å². The first-order chi connectivity index (χ1) is 14.1. The maximum atomic E-state index is 11.9. The van der Waals surface area contributed by atoms with Gasteiger partial charge in [0.2, 0.25) is 0 Å². The quantitative estimate of drug-likeness (QED) is 0.624. The van der Waals surface area contributed by atoms with Crippen molar-refractivity contribution >= 4 is 9.84 Å². The summed E-state index contributed by atoms with van der Waals surface area (Å²) >= 11 is 0. The molecule has 0 bridgehead atoms. The Kier molecular flexibility index (Phi) is 5.80. The highest BCUT2D eigenvalue weighted by Gasteiger charge is 2.32. The predicted molar refractivity (Wildman–Crippen MR) is 114 cm³/mol. The first kappa shape index (κ1) is 19.8. The number of aromatic amines is 1. The second-order valence-corrected chi connectivity index (χ2v) is 9.69. The molecule has 2 N–H and O–H groups in total. The zero-order valence-corrected chi connectivity index (χ0v) is 17.0. The number of aromatic nitrogens is 2. The van der Waals surface area contributed by atoms with Crippen molar-refractivity contribution in [2.24, 2.45) is 0 Å². The lowest BCUT2D eigenvalue weighted by atomic mass is 10.0. The van der Waals surface area contributed by atoms with E-state index in [-0.39, 0.29) is 24.2 Å². The normalized spacial score (nSPS) is 18.3. The minimum absolute atomic E-state index is 0.00446. The molecule has 1 atom stereocenters. The number of sulfone groups is 1. The van der Waals surface area contributed by atoms with Crippen molar-refractivity contribution in [2.45, 2.75) is 19.0 Å². The largest absolute Gasteiger partial charge is 0.395 e. The molecule has 0 amide bonds. The van der Waals surface area contributed by atoms with E-state index in [0.717, 1.165) is 22.4 Å². The Bertz CT molecular complexity index is 1050. The molecule has 1 aromatic heterocycles. The van der Waals surface area contributed by atoms with E-state index in [4.69, 9.17) is 0 Å². The fourth-order valence-electron chi connectivity index (χ4n) is 3.94. The number of H-pyrrole nitrogens is 1. The molecule has 29 heavy (non-hydrogen) atoms. The SMILES string of the molecule is O=S1(=O)CC[C@@H](N(CCO)Cc2cn[nH]c2-c2ccc(-c3ccccc3)cc2)C1. The maximum Gasteiger partial charge on any atom is 0.151 e. The number of benzene rings is 2. The standard InChI is InChI=1S/C22H25N3O3S/c26-12-11-25(21-10-13-29(27,28)16-21)15-20-14-23-24-22(20)19-8-6-18(7-9-19)17-4-2-1-3-5-17/h1-9,14,21,26H,10-13,15-16H2,(H,23,24)/t21-/m1/s1. The lowest BCUT2D eigenvalue weighted by Gasteiger charge is -2.27. The molecule has 7 heteroatoms. The molecule has 152 valence electrons. The fourth-order valence-corrected chi connectivity index (χ4v) is 5.70. The van der Waals surface area contributed by atoms with Crippen LogP contribution in [0.5, 0.6) is 0 Å². The van der Waals surface area contributed by atoms with Gasteiger partial charge >= 0.3 is 0 Å². The van der Waals surface area contributed by atoms with E-state index in [1.165, 1.54) is 5.56 Å². The molecule has 0 aliphatic carbocycles. The van der Waals surface area contributed by atoms with Crippen molar-refractivity contribution in [1.29, 1.82) is 0 Å². The number of aliphatic hydroxyl groups excluding tert-OH is 1. The first-order valence-corrected chi connectivity index (χ1v) is 11.6. The van der Waals surface area contributed by atoms with Gasteiger partial charge in [0.05, 0.1) is 30.0 Å². The van der Waals surface area contributed by atoms with Crippen LogP contribution in [0.25, 0.3) is 22.4 Å². The Morgan fingerprint density at radius 2 is 1.72 bits per heavy atom. The van der Waals surface area contributed by atoms with Gasteiger partial charge in [0.15, 0.2) is 9.84 Å². The summed E-state index contributed by atoms with van der Waals surface area (Å²) in [6.07, 6.45) is 2.40. The third-order valence-corrected chi connectivity index (χ3v) is 7.23. The Hall–Kier alpha value is -2.48. The third-order valence-electron chi connectivity index (χ3n) is 5.48. The van der Waals surface area contributed by atoms with Crippen molar-refractivity contribution in [3.8, 4) is 22.4 Å². The molecule has 2 heterocycles. The number of hydrogen-bond acceptors (Lipinski definition) is 5. The van der Waals surface area contributed by atoms with Crippen molar-refractivity contribution in [1.82, 2.24) is 15.1 Å². The molecule has 1 aliphatic heterocycles. The monoisotopic (exact) mass is 411 g/mol. The molecule has 0 saturated carbocycles. The second-order valence-electron chi connectivity index (χ2n) is 7.46. The number of rotatable bonds is 7. The molecule has 6 nitrogen and oxygen atoms in total. The fraction of sp³-hybridized carbons (Fsp3) is 0.318. The van der Waals surface area contributed by atoms with Crippen LogP contribution in [0.15, 0.2) is 60.8 Å². The highest BCUT2D eigenvalue weighted by atomic mass is 32.2. The minimum atomic E-state index is -2.98. The Morgan fingerprint density at radius 1 is 1.03 bits per heavy atom. The van der Waals surface area contributed by atoms with Gasteiger partial charge in [-0.3, -0.25) is 10.00 Å². The average Bonchev–Trinajstić information content (AvgIpc) is 3.34. The molecule has 2 aromatic carbocycles. The van der Waals surface area contributed by atoms with E-state index in [1.54, 1.807) is 6.20 Å². The summed E-state index contributed by atoms with van der Waals surface area (Å²) in [6, 6.07) is 18.5. The average molecular weight is 412 g/mol. The zero-order chi connectivity index (χ0) is 20.3. The van der Waals surface area contributed by atoms with E-state index in [1.807, 2.05) is 18.2 Å². The Morgan fingerprint density at radius 3 is 2.38 bits per heavy atom. The molecule has 0 unspecified atom stereocenters. The summed E-state index contributed by atoms with van der Waals surface area (Å²) in [4.78, 5) is 2.05. The smallest absolute Gasteiger partial charge is 0.151 e. The Balaban J connectivity index is 1.54. The van der Waals surface area contributed by atoms with Crippen LogP contribution in [-0.4, -0.2) is 59.3 Å². The highest BCUT2D eigenvalue weighted by molar-refractivity contribution is 7.91. The predicted octanol–water partition coefficient (Wildman–Crippen LogP) is 2.73. The van der Waals surface area contributed by atoms with Crippen LogP contribution in [0.3, 0.4) is 0 Å². The number of nitrogens with zero attached hydrogens (tertiary/aromatic N) is 2. The van der Waals surface area contributed by atoms with Gasteiger partial charge < -0.3 is 5.11 Å². The minimum Gasteiger partial charge on any atom is -0.395 e. The molecule has 0 radical (unpaired) electrons. The van der Waals surface area contributed by atoms with Gasteiger partial charge in [0, 0.05) is 24.7 Å². The lowest BCUT2D eigenvalue weighted by molar-refractivity contribution is 0.154. The van der Waals surface area contributed by atoms with Gasteiger partial charge in [-0.25, -0.2) is 8.42 Å². The lowest BCUT2D eigenvalue weighted by Crippen LogP contribution is -2.37. The summed E-state index contributed by atoms with van der Waals surface area (Å²) < 4.78 is 23.8. The van der Waals surface area contributed by atoms with Crippen LogP contribution in [-0.2, 0) is 16.4 Å². The van der Waals surface area contributed by atoms with Crippen molar-refractivity contribution in [3.05, 3.63) is 66.4 Å². The van der Waals surface area contributed by atoms with Crippen LogP contribution in [0, 0.1) is 0 Å². The highest BCUT2D eigenvalue weighted by Crippen LogP contribution is 2.27. The van der Waals surface area contributed by atoms with Gasteiger partial charge in [0.25, 0.3) is 0 Å². The van der Waals surface area contributed by atoms with Crippen molar-refractivity contribution in [3.63, 3.8) is 0 Å². The third kappa shape index (κ3) is 4.58. The summed E-state index contributed by atoms with van der Waals surface area (Å²) in [5.74, 6) is 0.380. The second kappa shape index (κ2) is 8.49. The molecular formula is C22H25N3O3S. The number of hydrogen-bond donors (Lipinski definition) is 2. The number of aliphatic hydroxyl groups is 1. The van der Waals surface area contributed by atoms with E-state index in [0.29, 0.717) is 19.5 Å². The summed E-state index contributed by atoms with van der Waals surface area (Å²) in [5.41, 5.74) is 5.26. The van der Waals surface area contributed by atoms with Gasteiger partial charge in [-0.15, -0.1) is 0 Å². The number of nitrogens with one attached hydrogen (secondary N) is 1. The van der Waals surface area contributed by atoms with Crippen LogP contribution in [0.2, 0.25) is 0 Å². The van der Waals surface area contributed by atoms with E-state index >= 15 is 0 Å². The van der Waals surface area contributed by atoms with Gasteiger partial charge in [0.1, 0.15) is 0 Å². The first-order valence-electron chi connectivity index (χ1n) is 9.79. The van der Waals surface area contributed by atoms with Gasteiger partial charge in [-0.1, -0.05) is 54.6 Å². The van der Waals surface area contributed by atoms with E-state index < -0.39 is 9.84 Å².